The Hall–Kier alpha value is -2.53. The van der Waals surface area contributed by atoms with Gasteiger partial charge < -0.3 is 19.9 Å². The number of carbonyl (C=O) groups excluding carboxylic acids is 1. The Morgan fingerprint density at radius 1 is 1.04 bits per heavy atom. The summed E-state index contributed by atoms with van der Waals surface area (Å²) in [5.74, 6) is 1.37. The zero-order valence-corrected chi connectivity index (χ0v) is 17.4. The molecule has 28 heavy (non-hydrogen) atoms. The maximum Gasteiger partial charge on any atom is 0.282 e. The second-order valence-corrected chi connectivity index (χ2v) is 7.77. The zero-order chi connectivity index (χ0) is 20.1. The molecular formula is C23H32N3O2+. The summed E-state index contributed by atoms with van der Waals surface area (Å²) in [5.41, 5.74) is 3.24. The van der Waals surface area contributed by atoms with Crippen molar-refractivity contribution in [2.45, 2.75) is 32.7 Å². The number of piperazine rings is 1. The van der Waals surface area contributed by atoms with Crippen LogP contribution in [0.15, 0.2) is 48.5 Å². The molecule has 0 unspecified atom stereocenters. The Balaban J connectivity index is 1.61. The quantitative estimate of drug-likeness (QED) is 0.807. The van der Waals surface area contributed by atoms with Crippen molar-refractivity contribution in [1.82, 2.24) is 0 Å². The lowest BCUT2D eigenvalue weighted by Gasteiger charge is -2.36. The fourth-order valence-electron chi connectivity index (χ4n) is 3.90. The number of para-hydroxylation sites is 3. The third kappa shape index (κ3) is 4.47. The summed E-state index contributed by atoms with van der Waals surface area (Å²) in [7, 11) is 1.71. The molecular weight excluding hydrogens is 350 g/mol. The number of ether oxygens (including phenoxy) is 1. The highest BCUT2D eigenvalue weighted by Gasteiger charge is 2.30. The molecule has 0 aliphatic carbocycles. The summed E-state index contributed by atoms with van der Waals surface area (Å²) in [4.78, 5) is 16.5. The van der Waals surface area contributed by atoms with Crippen molar-refractivity contribution in [3.05, 3.63) is 54.1 Å². The number of quaternary nitrogens is 1. The molecule has 0 bridgehead atoms. The summed E-state index contributed by atoms with van der Waals surface area (Å²) in [6.07, 6.45) is 0. The molecule has 1 saturated heterocycles. The zero-order valence-electron chi connectivity index (χ0n) is 17.4. The highest BCUT2D eigenvalue weighted by Crippen LogP contribution is 2.27. The summed E-state index contributed by atoms with van der Waals surface area (Å²) in [6.45, 7) is 10.0. The maximum absolute atomic E-state index is 12.9. The second-order valence-electron chi connectivity index (χ2n) is 7.77. The van der Waals surface area contributed by atoms with E-state index in [4.69, 9.17) is 4.74 Å². The van der Waals surface area contributed by atoms with Crippen molar-refractivity contribution in [3.63, 3.8) is 0 Å². The van der Waals surface area contributed by atoms with Crippen molar-refractivity contribution >= 4 is 17.3 Å². The van der Waals surface area contributed by atoms with Gasteiger partial charge in [-0.2, -0.15) is 0 Å². The molecule has 1 aliphatic rings. The number of hydrogen-bond donors (Lipinski definition) is 2. The molecule has 2 aromatic carbocycles. The van der Waals surface area contributed by atoms with Crippen molar-refractivity contribution in [3.8, 4) is 5.75 Å². The second kappa shape index (κ2) is 9.11. The van der Waals surface area contributed by atoms with Gasteiger partial charge in [-0.3, -0.25) is 4.79 Å². The van der Waals surface area contributed by atoms with E-state index in [0.29, 0.717) is 5.92 Å². The van der Waals surface area contributed by atoms with Gasteiger partial charge in [-0.25, -0.2) is 0 Å². The molecule has 1 atom stereocenters. The van der Waals surface area contributed by atoms with Crippen molar-refractivity contribution in [2.24, 2.45) is 0 Å². The highest BCUT2D eigenvalue weighted by molar-refractivity contribution is 5.94. The number of methoxy groups -OCH3 is 1. The van der Waals surface area contributed by atoms with Crippen LogP contribution >= 0.6 is 0 Å². The smallest absolute Gasteiger partial charge is 0.282 e. The van der Waals surface area contributed by atoms with Gasteiger partial charge in [0.25, 0.3) is 5.91 Å². The molecule has 0 saturated carbocycles. The first-order chi connectivity index (χ1) is 13.5. The van der Waals surface area contributed by atoms with Crippen LogP contribution in [0, 0.1) is 0 Å². The Morgan fingerprint density at radius 3 is 2.36 bits per heavy atom. The summed E-state index contributed by atoms with van der Waals surface area (Å²) >= 11 is 0. The first-order valence-corrected chi connectivity index (χ1v) is 10.1. The number of carbonyl (C=O) groups is 1. The Kier molecular flexibility index (Phi) is 6.57. The van der Waals surface area contributed by atoms with Gasteiger partial charge in [0.05, 0.1) is 39.0 Å². The van der Waals surface area contributed by atoms with E-state index >= 15 is 0 Å². The fraction of sp³-hybridized carbons (Fsp3) is 0.435. The molecule has 2 aromatic rings. The minimum atomic E-state index is -0.0833. The van der Waals surface area contributed by atoms with Crippen LogP contribution in [-0.4, -0.2) is 45.2 Å². The number of nitrogens with zero attached hydrogens (tertiary/aromatic N) is 1. The van der Waals surface area contributed by atoms with E-state index in [9.17, 15) is 4.79 Å². The first kappa shape index (κ1) is 20.2. The predicted octanol–water partition coefficient (Wildman–Crippen LogP) is 2.55. The number of anilines is 2. The average Bonchev–Trinajstić information content (AvgIpc) is 2.73. The monoisotopic (exact) mass is 382 g/mol. The minimum absolute atomic E-state index is 0.0833. The van der Waals surface area contributed by atoms with Crippen LogP contribution in [0.1, 0.15) is 32.3 Å². The lowest BCUT2D eigenvalue weighted by Crippen LogP contribution is -3.19. The van der Waals surface area contributed by atoms with Crippen LogP contribution in [0.5, 0.6) is 5.75 Å². The summed E-state index contributed by atoms with van der Waals surface area (Å²) < 4.78 is 5.50. The third-order valence-electron chi connectivity index (χ3n) is 5.68. The third-order valence-corrected chi connectivity index (χ3v) is 5.68. The number of nitrogens with one attached hydrogen (secondary N) is 2. The van der Waals surface area contributed by atoms with E-state index in [2.05, 4.69) is 36.2 Å². The summed E-state index contributed by atoms with van der Waals surface area (Å²) in [6, 6.07) is 16.1. The molecule has 5 heteroatoms. The van der Waals surface area contributed by atoms with Crippen LogP contribution < -0.4 is 19.9 Å². The van der Waals surface area contributed by atoms with E-state index in [-0.39, 0.29) is 11.9 Å². The van der Waals surface area contributed by atoms with Crippen molar-refractivity contribution in [1.29, 1.82) is 0 Å². The Bertz CT molecular complexity index is 798. The van der Waals surface area contributed by atoms with Gasteiger partial charge in [-0.1, -0.05) is 44.2 Å². The van der Waals surface area contributed by atoms with Crippen LogP contribution in [0.25, 0.3) is 0 Å². The van der Waals surface area contributed by atoms with Crippen molar-refractivity contribution in [2.75, 3.05) is 43.5 Å². The normalized spacial score (nSPS) is 16.1. The topological polar surface area (TPSA) is 46.0 Å². The van der Waals surface area contributed by atoms with Gasteiger partial charge in [0.15, 0.2) is 6.04 Å². The van der Waals surface area contributed by atoms with E-state index in [0.717, 1.165) is 43.3 Å². The fourth-order valence-corrected chi connectivity index (χ4v) is 3.90. The van der Waals surface area contributed by atoms with Gasteiger partial charge in [0.1, 0.15) is 5.75 Å². The summed E-state index contributed by atoms with van der Waals surface area (Å²) in [5, 5.41) is 3.16. The van der Waals surface area contributed by atoms with Crippen LogP contribution in [0.2, 0.25) is 0 Å². The number of benzene rings is 2. The molecule has 0 radical (unpaired) electrons. The molecule has 0 aromatic heterocycles. The van der Waals surface area contributed by atoms with Gasteiger partial charge in [-0.15, -0.1) is 0 Å². The molecule has 1 fully saturated rings. The molecule has 1 amide bonds. The highest BCUT2D eigenvalue weighted by atomic mass is 16.5. The standard InChI is InChI=1S/C23H31N3O2/c1-17(2)19-9-5-6-10-20(19)24-23(27)18(3)25-13-15-26(16-14-25)21-11-7-8-12-22(21)28-4/h5-12,17-18H,13-16H2,1-4H3,(H,24,27)/p+1/t18-/m1/s1. The van der Waals surface area contributed by atoms with E-state index in [1.807, 2.05) is 43.3 Å². The van der Waals surface area contributed by atoms with E-state index in [1.54, 1.807) is 7.11 Å². The molecule has 2 N–H and O–H groups in total. The lowest BCUT2D eigenvalue weighted by molar-refractivity contribution is -0.914. The van der Waals surface area contributed by atoms with E-state index in [1.165, 1.54) is 10.5 Å². The Labute approximate surface area is 168 Å². The minimum Gasteiger partial charge on any atom is -0.495 e. The maximum atomic E-state index is 12.9. The molecule has 5 nitrogen and oxygen atoms in total. The lowest BCUT2D eigenvalue weighted by atomic mass is 10.0. The molecule has 150 valence electrons. The van der Waals surface area contributed by atoms with E-state index < -0.39 is 0 Å². The molecule has 1 aliphatic heterocycles. The molecule has 0 spiro atoms. The van der Waals surface area contributed by atoms with Gasteiger partial charge in [-0.05, 0) is 36.6 Å². The molecule has 1 heterocycles. The predicted molar refractivity (Wildman–Crippen MR) is 115 cm³/mol. The van der Waals surface area contributed by atoms with Crippen LogP contribution in [-0.2, 0) is 4.79 Å². The average molecular weight is 383 g/mol. The van der Waals surface area contributed by atoms with Crippen LogP contribution in [0.3, 0.4) is 0 Å². The first-order valence-electron chi connectivity index (χ1n) is 10.1. The SMILES string of the molecule is COc1ccccc1N1CC[NH+]([C@H](C)C(=O)Nc2ccccc2C(C)C)CC1. The number of hydrogen-bond acceptors (Lipinski definition) is 3. The Morgan fingerprint density at radius 2 is 1.68 bits per heavy atom. The van der Waals surface area contributed by atoms with Gasteiger partial charge in [0, 0.05) is 5.69 Å². The molecule has 3 rings (SSSR count). The van der Waals surface area contributed by atoms with Gasteiger partial charge >= 0.3 is 0 Å². The number of amides is 1. The van der Waals surface area contributed by atoms with Crippen molar-refractivity contribution < 1.29 is 14.4 Å². The van der Waals surface area contributed by atoms with Crippen LogP contribution in [0.4, 0.5) is 11.4 Å². The number of rotatable bonds is 6. The van der Waals surface area contributed by atoms with Gasteiger partial charge in [0.2, 0.25) is 0 Å². The largest absolute Gasteiger partial charge is 0.495 e.